The summed E-state index contributed by atoms with van der Waals surface area (Å²) in [5.41, 5.74) is 5.95. The number of imidazole rings is 1. The average Bonchev–Trinajstić information content (AvgIpc) is 3.17. The molecule has 0 bridgehead atoms. The van der Waals surface area contributed by atoms with Gasteiger partial charge in [0, 0.05) is 12.0 Å². The summed E-state index contributed by atoms with van der Waals surface area (Å²) < 4.78 is 1.48. The third-order valence-electron chi connectivity index (χ3n) is 4.94. The molecular formula is C22H24N4O. The second-order valence-electron chi connectivity index (χ2n) is 8.00. The zero-order chi connectivity index (χ0) is 19.2. The number of benzene rings is 2. The van der Waals surface area contributed by atoms with Crippen LogP contribution in [-0.2, 0) is 11.8 Å². The Morgan fingerprint density at radius 2 is 1.74 bits per heavy atom. The van der Waals surface area contributed by atoms with Gasteiger partial charge in [0.1, 0.15) is 0 Å². The first-order valence-electron chi connectivity index (χ1n) is 9.15. The van der Waals surface area contributed by atoms with Gasteiger partial charge in [0.2, 0.25) is 11.8 Å². The molecule has 27 heavy (non-hydrogen) atoms. The van der Waals surface area contributed by atoms with Gasteiger partial charge in [-0.05, 0) is 35.6 Å². The van der Waals surface area contributed by atoms with Crippen LogP contribution in [0.4, 0.5) is 0 Å². The SMILES string of the molecule is Cc1nn(-c2nc3ccccc3[nH]2)c(O)c1Cc1ccc(C(C)(C)C)cc1. The van der Waals surface area contributed by atoms with Crippen molar-refractivity contribution < 1.29 is 5.11 Å². The zero-order valence-corrected chi connectivity index (χ0v) is 16.1. The number of nitrogens with one attached hydrogen (secondary N) is 1. The fraction of sp³-hybridized carbons (Fsp3) is 0.273. The van der Waals surface area contributed by atoms with E-state index < -0.39 is 0 Å². The first-order chi connectivity index (χ1) is 12.8. The fourth-order valence-corrected chi connectivity index (χ4v) is 3.27. The second kappa shape index (κ2) is 6.27. The maximum absolute atomic E-state index is 10.8. The summed E-state index contributed by atoms with van der Waals surface area (Å²) in [6.07, 6.45) is 0.627. The van der Waals surface area contributed by atoms with Crippen LogP contribution in [0.3, 0.4) is 0 Å². The van der Waals surface area contributed by atoms with Gasteiger partial charge in [-0.1, -0.05) is 57.2 Å². The summed E-state index contributed by atoms with van der Waals surface area (Å²) in [4.78, 5) is 7.74. The van der Waals surface area contributed by atoms with E-state index in [1.165, 1.54) is 10.2 Å². The van der Waals surface area contributed by atoms with E-state index in [2.05, 4.69) is 60.1 Å². The van der Waals surface area contributed by atoms with Crippen LogP contribution in [0.1, 0.15) is 43.2 Å². The smallest absolute Gasteiger partial charge is 0.232 e. The lowest BCUT2D eigenvalue weighted by atomic mass is 9.86. The molecule has 0 aliphatic rings. The summed E-state index contributed by atoms with van der Waals surface area (Å²) >= 11 is 0. The van der Waals surface area contributed by atoms with E-state index in [4.69, 9.17) is 0 Å². The molecule has 0 unspecified atom stereocenters. The number of para-hydroxylation sites is 2. The maximum atomic E-state index is 10.8. The van der Waals surface area contributed by atoms with Gasteiger partial charge < -0.3 is 10.1 Å². The monoisotopic (exact) mass is 360 g/mol. The number of hydrogen-bond acceptors (Lipinski definition) is 3. The van der Waals surface area contributed by atoms with E-state index in [1.807, 2.05) is 31.2 Å². The van der Waals surface area contributed by atoms with Gasteiger partial charge in [-0.25, -0.2) is 4.98 Å². The molecule has 2 aromatic heterocycles. The molecule has 4 rings (SSSR count). The molecule has 5 nitrogen and oxygen atoms in total. The van der Waals surface area contributed by atoms with Crippen molar-refractivity contribution in [3.05, 3.63) is 70.9 Å². The summed E-state index contributed by atoms with van der Waals surface area (Å²) in [7, 11) is 0. The standard InChI is InChI=1S/C22H24N4O/c1-14-17(13-15-9-11-16(12-10-15)22(2,3)4)20(27)26(25-14)21-23-18-7-5-6-8-19(18)24-21/h5-12,27H,13H2,1-4H3,(H,23,24). The molecule has 0 atom stereocenters. The summed E-state index contributed by atoms with van der Waals surface area (Å²) in [5.74, 6) is 0.651. The van der Waals surface area contributed by atoms with Crippen molar-refractivity contribution in [2.45, 2.75) is 39.5 Å². The van der Waals surface area contributed by atoms with Crippen LogP contribution in [-0.4, -0.2) is 24.9 Å². The fourth-order valence-electron chi connectivity index (χ4n) is 3.27. The second-order valence-corrected chi connectivity index (χ2v) is 8.00. The van der Waals surface area contributed by atoms with E-state index >= 15 is 0 Å². The Kier molecular flexibility index (Phi) is 4.02. The van der Waals surface area contributed by atoms with Gasteiger partial charge in [-0.15, -0.1) is 0 Å². The van der Waals surface area contributed by atoms with Crippen LogP contribution in [0.25, 0.3) is 17.0 Å². The van der Waals surface area contributed by atoms with E-state index in [1.54, 1.807) is 0 Å². The number of H-pyrrole nitrogens is 1. The molecule has 2 N–H and O–H groups in total. The van der Waals surface area contributed by atoms with Crippen LogP contribution in [0.15, 0.2) is 48.5 Å². The number of rotatable bonds is 3. The van der Waals surface area contributed by atoms with Crippen molar-refractivity contribution in [1.29, 1.82) is 0 Å². The largest absolute Gasteiger partial charge is 0.493 e. The lowest BCUT2D eigenvalue weighted by Crippen LogP contribution is -2.10. The first-order valence-corrected chi connectivity index (χ1v) is 9.15. The molecule has 0 spiro atoms. The molecular weight excluding hydrogens is 336 g/mol. The number of nitrogens with zero attached hydrogens (tertiary/aromatic N) is 3. The minimum atomic E-state index is 0.128. The Balaban J connectivity index is 1.66. The Bertz CT molecular complexity index is 1060. The molecule has 2 heterocycles. The third-order valence-corrected chi connectivity index (χ3v) is 4.94. The average molecular weight is 360 g/mol. The first kappa shape index (κ1) is 17.3. The molecule has 0 saturated carbocycles. The van der Waals surface area contributed by atoms with Crippen molar-refractivity contribution in [2.75, 3.05) is 0 Å². The minimum absolute atomic E-state index is 0.128. The predicted molar refractivity (Wildman–Crippen MR) is 108 cm³/mol. The van der Waals surface area contributed by atoms with Gasteiger partial charge in [-0.2, -0.15) is 9.78 Å². The zero-order valence-electron chi connectivity index (χ0n) is 16.1. The Morgan fingerprint density at radius 1 is 1.04 bits per heavy atom. The molecule has 0 amide bonds. The van der Waals surface area contributed by atoms with Crippen molar-refractivity contribution >= 4 is 11.0 Å². The lowest BCUT2D eigenvalue weighted by molar-refractivity contribution is 0.426. The number of fused-ring (bicyclic) bond motifs is 1. The van der Waals surface area contributed by atoms with Crippen LogP contribution in [0.2, 0.25) is 0 Å². The van der Waals surface area contributed by atoms with Crippen LogP contribution in [0.5, 0.6) is 5.88 Å². The van der Waals surface area contributed by atoms with E-state index in [9.17, 15) is 5.11 Å². The normalized spacial score (nSPS) is 12.0. The molecule has 0 aliphatic carbocycles. The molecule has 0 radical (unpaired) electrons. The van der Waals surface area contributed by atoms with Crippen molar-refractivity contribution in [1.82, 2.24) is 19.7 Å². The molecule has 5 heteroatoms. The van der Waals surface area contributed by atoms with Gasteiger partial charge in [0.25, 0.3) is 0 Å². The highest BCUT2D eigenvalue weighted by Crippen LogP contribution is 2.28. The third kappa shape index (κ3) is 3.21. The van der Waals surface area contributed by atoms with Crippen LogP contribution < -0.4 is 0 Å². The Hall–Kier alpha value is -3.08. The molecule has 4 aromatic rings. The van der Waals surface area contributed by atoms with Crippen molar-refractivity contribution in [3.63, 3.8) is 0 Å². The molecule has 2 aromatic carbocycles. The quantitative estimate of drug-likeness (QED) is 0.559. The highest BCUT2D eigenvalue weighted by Gasteiger charge is 2.19. The van der Waals surface area contributed by atoms with Crippen molar-refractivity contribution in [2.24, 2.45) is 0 Å². The van der Waals surface area contributed by atoms with E-state index in [0.717, 1.165) is 27.9 Å². The number of aromatic hydroxyl groups is 1. The lowest BCUT2D eigenvalue weighted by Gasteiger charge is -2.19. The van der Waals surface area contributed by atoms with Gasteiger partial charge in [0.15, 0.2) is 0 Å². The van der Waals surface area contributed by atoms with Gasteiger partial charge >= 0.3 is 0 Å². The Labute approximate surface area is 158 Å². The molecule has 0 aliphatic heterocycles. The van der Waals surface area contributed by atoms with Gasteiger partial charge in [-0.3, -0.25) is 0 Å². The number of hydrogen-bond donors (Lipinski definition) is 2. The predicted octanol–water partition coefficient (Wildman–Crippen LogP) is 4.65. The van der Waals surface area contributed by atoms with Crippen LogP contribution >= 0.6 is 0 Å². The van der Waals surface area contributed by atoms with Gasteiger partial charge in [0.05, 0.1) is 16.7 Å². The maximum Gasteiger partial charge on any atom is 0.232 e. The number of aromatic amines is 1. The number of aromatic nitrogens is 4. The molecule has 0 saturated heterocycles. The van der Waals surface area contributed by atoms with Crippen LogP contribution in [0, 0.1) is 6.92 Å². The summed E-state index contributed by atoms with van der Waals surface area (Å²) in [5, 5.41) is 15.3. The van der Waals surface area contributed by atoms with E-state index in [-0.39, 0.29) is 11.3 Å². The number of aryl methyl sites for hydroxylation is 1. The summed E-state index contributed by atoms with van der Waals surface area (Å²) in [6.45, 7) is 8.53. The topological polar surface area (TPSA) is 66.7 Å². The highest BCUT2D eigenvalue weighted by atomic mass is 16.3. The summed E-state index contributed by atoms with van der Waals surface area (Å²) in [6, 6.07) is 16.3. The highest BCUT2D eigenvalue weighted by molar-refractivity contribution is 5.76. The molecule has 0 fully saturated rings. The molecule has 138 valence electrons. The van der Waals surface area contributed by atoms with E-state index in [0.29, 0.717) is 12.4 Å². The van der Waals surface area contributed by atoms with Crippen molar-refractivity contribution in [3.8, 4) is 11.8 Å². The Morgan fingerprint density at radius 3 is 2.41 bits per heavy atom. The minimum Gasteiger partial charge on any atom is -0.493 e.